The van der Waals surface area contributed by atoms with Crippen molar-refractivity contribution in [1.29, 1.82) is 0 Å². The van der Waals surface area contributed by atoms with E-state index in [1.165, 1.54) is 17.8 Å². The van der Waals surface area contributed by atoms with Crippen LogP contribution in [0.1, 0.15) is 34.5 Å². The quantitative estimate of drug-likeness (QED) is 0.761. The number of likely N-dealkylation sites (tertiary alicyclic amines) is 1. The predicted octanol–water partition coefficient (Wildman–Crippen LogP) is 3.11. The third-order valence-electron chi connectivity index (χ3n) is 6.10. The molecule has 1 spiro atoms. The van der Waals surface area contributed by atoms with Crippen LogP contribution in [0, 0.1) is 5.41 Å². The molecule has 0 bridgehead atoms. The normalized spacial score (nSPS) is 18.8. The molecule has 7 heteroatoms. The Bertz CT molecular complexity index is 797. The lowest BCUT2D eigenvalue weighted by Crippen LogP contribution is -2.53. The van der Waals surface area contributed by atoms with Crippen molar-refractivity contribution in [1.82, 2.24) is 15.5 Å². The van der Waals surface area contributed by atoms with Crippen molar-refractivity contribution >= 4 is 35.6 Å². The van der Waals surface area contributed by atoms with Crippen LogP contribution in [0.3, 0.4) is 0 Å². The van der Waals surface area contributed by atoms with Crippen molar-refractivity contribution in [2.24, 2.45) is 5.41 Å². The topological polar surface area (TPSA) is 61.4 Å². The highest BCUT2D eigenvalue weighted by atomic mass is 35.5. The zero-order chi connectivity index (χ0) is 19.4. The second kappa shape index (κ2) is 9.74. The Kier molecular flexibility index (Phi) is 7.33. The third kappa shape index (κ3) is 5.18. The predicted molar refractivity (Wildman–Crippen MR) is 119 cm³/mol. The maximum atomic E-state index is 13.3. The summed E-state index contributed by atoms with van der Waals surface area (Å²) in [6.45, 7) is 3.71. The molecule has 3 heterocycles. The molecule has 1 unspecified atom stereocenters. The molecule has 156 valence electrons. The van der Waals surface area contributed by atoms with E-state index in [-0.39, 0.29) is 24.2 Å². The number of benzene rings is 1. The zero-order valence-corrected chi connectivity index (χ0v) is 18.1. The number of piperidine rings is 1. The Hall–Kier alpha value is -1.89. The van der Waals surface area contributed by atoms with Gasteiger partial charge in [-0.25, -0.2) is 0 Å². The first-order valence-corrected chi connectivity index (χ1v) is 10.9. The molecule has 0 aliphatic carbocycles. The Balaban J connectivity index is 0.00000240. The van der Waals surface area contributed by atoms with E-state index in [0.29, 0.717) is 16.7 Å². The zero-order valence-electron chi connectivity index (χ0n) is 16.4. The molecule has 2 saturated heterocycles. The van der Waals surface area contributed by atoms with Gasteiger partial charge in [0.15, 0.2) is 0 Å². The van der Waals surface area contributed by atoms with E-state index < -0.39 is 6.04 Å². The van der Waals surface area contributed by atoms with E-state index in [2.05, 4.69) is 10.6 Å². The second-order valence-corrected chi connectivity index (χ2v) is 8.89. The van der Waals surface area contributed by atoms with Gasteiger partial charge in [0.2, 0.25) is 5.91 Å². The minimum atomic E-state index is -0.534. The molecule has 1 aromatic carbocycles. The number of carbonyl (C=O) groups excluding carboxylic acids is 2. The fourth-order valence-corrected chi connectivity index (χ4v) is 4.96. The van der Waals surface area contributed by atoms with Crippen molar-refractivity contribution in [2.45, 2.75) is 31.7 Å². The minimum Gasteiger partial charge on any atom is -0.341 e. The van der Waals surface area contributed by atoms with E-state index in [1.54, 1.807) is 6.07 Å². The summed E-state index contributed by atoms with van der Waals surface area (Å²) in [5.41, 5.74) is 1.42. The van der Waals surface area contributed by atoms with Gasteiger partial charge in [0.25, 0.3) is 5.91 Å². The molecule has 0 saturated carbocycles. The number of hydrogen-bond donors (Lipinski definition) is 2. The molecule has 4 rings (SSSR count). The van der Waals surface area contributed by atoms with Crippen molar-refractivity contribution in [2.75, 3.05) is 26.2 Å². The second-order valence-electron chi connectivity index (χ2n) is 7.95. The van der Waals surface area contributed by atoms with Crippen LogP contribution in [-0.4, -0.2) is 48.9 Å². The summed E-state index contributed by atoms with van der Waals surface area (Å²) in [7, 11) is 0. The van der Waals surface area contributed by atoms with Crippen LogP contribution in [0.15, 0.2) is 47.8 Å². The Morgan fingerprint density at radius 2 is 1.86 bits per heavy atom. The van der Waals surface area contributed by atoms with Gasteiger partial charge in [0.1, 0.15) is 6.04 Å². The lowest BCUT2D eigenvalue weighted by atomic mass is 9.77. The largest absolute Gasteiger partial charge is 0.341 e. The fourth-order valence-electron chi connectivity index (χ4n) is 4.33. The summed E-state index contributed by atoms with van der Waals surface area (Å²) in [5.74, 6) is -0.132. The van der Waals surface area contributed by atoms with Crippen molar-refractivity contribution in [3.63, 3.8) is 0 Å². The van der Waals surface area contributed by atoms with Gasteiger partial charge in [-0.2, -0.15) is 0 Å². The SMILES string of the molecule is Cl.O=C(NC(Cc1ccccc1)C(=O)N1CCC2(CCNC2)CC1)c1cccs1. The maximum absolute atomic E-state index is 13.3. The van der Waals surface area contributed by atoms with E-state index in [0.717, 1.165) is 44.6 Å². The Labute approximate surface area is 182 Å². The Morgan fingerprint density at radius 3 is 2.48 bits per heavy atom. The van der Waals surface area contributed by atoms with Crippen LogP contribution in [0.5, 0.6) is 0 Å². The van der Waals surface area contributed by atoms with Crippen LogP contribution in [0.25, 0.3) is 0 Å². The van der Waals surface area contributed by atoms with Gasteiger partial charge in [-0.05, 0) is 48.2 Å². The summed E-state index contributed by atoms with van der Waals surface area (Å²) in [6.07, 6.45) is 3.81. The summed E-state index contributed by atoms with van der Waals surface area (Å²) < 4.78 is 0. The van der Waals surface area contributed by atoms with E-state index in [4.69, 9.17) is 0 Å². The maximum Gasteiger partial charge on any atom is 0.262 e. The average molecular weight is 434 g/mol. The number of halogens is 1. The molecule has 2 aliphatic heterocycles. The van der Waals surface area contributed by atoms with Gasteiger partial charge in [-0.3, -0.25) is 9.59 Å². The van der Waals surface area contributed by atoms with Gasteiger partial charge in [0.05, 0.1) is 4.88 Å². The molecule has 1 aromatic heterocycles. The number of nitrogens with zero attached hydrogens (tertiary/aromatic N) is 1. The highest BCUT2D eigenvalue weighted by Crippen LogP contribution is 2.37. The van der Waals surface area contributed by atoms with Crippen LogP contribution < -0.4 is 10.6 Å². The van der Waals surface area contributed by atoms with Crippen LogP contribution in [-0.2, 0) is 11.2 Å². The van der Waals surface area contributed by atoms with Crippen LogP contribution >= 0.6 is 23.7 Å². The molecular weight excluding hydrogens is 406 g/mol. The van der Waals surface area contributed by atoms with Gasteiger partial charge >= 0.3 is 0 Å². The van der Waals surface area contributed by atoms with E-state index in [9.17, 15) is 9.59 Å². The molecule has 5 nitrogen and oxygen atoms in total. The van der Waals surface area contributed by atoms with Crippen molar-refractivity contribution < 1.29 is 9.59 Å². The lowest BCUT2D eigenvalue weighted by Gasteiger charge is -2.40. The summed E-state index contributed by atoms with van der Waals surface area (Å²) in [6, 6.07) is 13.0. The molecule has 2 aliphatic rings. The van der Waals surface area contributed by atoms with Crippen LogP contribution in [0.4, 0.5) is 0 Å². The molecule has 2 N–H and O–H groups in total. The lowest BCUT2D eigenvalue weighted by molar-refractivity contribution is -0.135. The highest BCUT2D eigenvalue weighted by molar-refractivity contribution is 7.12. The van der Waals surface area contributed by atoms with E-state index in [1.807, 2.05) is 46.7 Å². The molecule has 2 aromatic rings. The number of amides is 2. The fraction of sp³-hybridized carbons (Fsp3) is 0.455. The standard InChI is InChI=1S/C22H27N3O2S.ClH/c26-20(19-7-4-14-28-19)24-18(15-17-5-2-1-3-6-17)21(27)25-12-9-22(10-13-25)8-11-23-16-22;/h1-7,14,18,23H,8-13,15-16H2,(H,24,26);1H. The average Bonchev–Trinajstić information content (AvgIpc) is 3.41. The number of thiophene rings is 1. The first-order valence-electron chi connectivity index (χ1n) is 10.0. The van der Waals surface area contributed by atoms with E-state index >= 15 is 0 Å². The molecule has 1 atom stereocenters. The third-order valence-corrected chi connectivity index (χ3v) is 6.97. The summed E-state index contributed by atoms with van der Waals surface area (Å²) in [4.78, 5) is 28.5. The van der Waals surface area contributed by atoms with Gasteiger partial charge in [0, 0.05) is 26.1 Å². The molecule has 2 fully saturated rings. The molecule has 2 amide bonds. The minimum absolute atomic E-state index is 0. The monoisotopic (exact) mass is 433 g/mol. The Morgan fingerprint density at radius 1 is 1.10 bits per heavy atom. The number of nitrogens with one attached hydrogen (secondary N) is 2. The highest BCUT2D eigenvalue weighted by Gasteiger charge is 2.39. The molecular formula is C22H28ClN3O2S. The number of carbonyl (C=O) groups is 2. The van der Waals surface area contributed by atoms with Crippen molar-refractivity contribution in [3.05, 3.63) is 58.3 Å². The number of hydrogen-bond acceptors (Lipinski definition) is 4. The van der Waals surface area contributed by atoms with Gasteiger partial charge in [-0.15, -0.1) is 23.7 Å². The first kappa shape index (κ1) is 21.8. The molecule has 29 heavy (non-hydrogen) atoms. The summed E-state index contributed by atoms with van der Waals surface area (Å²) >= 11 is 1.40. The first-order chi connectivity index (χ1) is 13.7. The number of rotatable bonds is 5. The van der Waals surface area contributed by atoms with Gasteiger partial charge < -0.3 is 15.5 Å². The van der Waals surface area contributed by atoms with Gasteiger partial charge in [-0.1, -0.05) is 36.4 Å². The molecule has 0 radical (unpaired) electrons. The summed E-state index contributed by atoms with van der Waals surface area (Å²) in [5, 5.41) is 8.34. The smallest absolute Gasteiger partial charge is 0.262 e. The van der Waals surface area contributed by atoms with Crippen molar-refractivity contribution in [3.8, 4) is 0 Å². The van der Waals surface area contributed by atoms with Crippen LogP contribution in [0.2, 0.25) is 0 Å².